The van der Waals surface area contributed by atoms with Gasteiger partial charge in [-0.25, -0.2) is 5.43 Å². The zero-order valence-electron chi connectivity index (χ0n) is 20.9. The van der Waals surface area contributed by atoms with E-state index in [0.717, 1.165) is 41.3 Å². The molecule has 0 aliphatic carbocycles. The summed E-state index contributed by atoms with van der Waals surface area (Å²) in [4.78, 5) is 14.8. The molecule has 1 amide bonds. The lowest BCUT2D eigenvalue weighted by atomic mass is 9.92. The molecule has 0 bridgehead atoms. The highest BCUT2D eigenvalue weighted by molar-refractivity contribution is 6.33. The fraction of sp³-hybridized carbons (Fsp3) is 0.286. The number of hydrogen-bond donors (Lipinski definition) is 1. The van der Waals surface area contributed by atoms with Crippen LogP contribution in [0.1, 0.15) is 45.6 Å². The van der Waals surface area contributed by atoms with E-state index in [4.69, 9.17) is 25.8 Å². The van der Waals surface area contributed by atoms with Crippen LogP contribution in [0.25, 0.3) is 0 Å². The Hall–Kier alpha value is -3.55. The molecule has 4 rings (SSSR count). The predicted octanol–water partition coefficient (Wildman–Crippen LogP) is 5.25. The van der Waals surface area contributed by atoms with Crippen molar-refractivity contribution in [1.29, 1.82) is 0 Å². The molecule has 3 aromatic carbocycles. The fourth-order valence-electron chi connectivity index (χ4n) is 4.50. The van der Waals surface area contributed by atoms with Gasteiger partial charge >= 0.3 is 0 Å². The van der Waals surface area contributed by atoms with E-state index < -0.39 is 0 Å². The van der Waals surface area contributed by atoms with Crippen molar-refractivity contribution in [3.05, 3.63) is 87.4 Å². The Morgan fingerprint density at radius 1 is 1.06 bits per heavy atom. The molecule has 1 aliphatic rings. The van der Waals surface area contributed by atoms with Crippen LogP contribution in [0.15, 0.2) is 59.7 Å². The van der Waals surface area contributed by atoms with E-state index >= 15 is 0 Å². The Morgan fingerprint density at radius 3 is 2.50 bits per heavy atom. The van der Waals surface area contributed by atoms with Crippen LogP contribution in [0.2, 0.25) is 5.02 Å². The Balaban J connectivity index is 1.50. The van der Waals surface area contributed by atoms with E-state index in [0.29, 0.717) is 17.1 Å². The lowest BCUT2D eigenvalue weighted by Gasteiger charge is -2.36. The van der Waals surface area contributed by atoms with Crippen LogP contribution in [0.5, 0.6) is 17.2 Å². The molecule has 1 atom stereocenters. The van der Waals surface area contributed by atoms with Gasteiger partial charge in [0, 0.05) is 24.7 Å². The van der Waals surface area contributed by atoms with Crippen molar-refractivity contribution in [2.45, 2.75) is 25.9 Å². The number of methoxy groups -OCH3 is 3. The number of nitrogens with zero attached hydrogens (tertiary/aromatic N) is 2. The zero-order chi connectivity index (χ0) is 25.7. The van der Waals surface area contributed by atoms with Crippen LogP contribution in [-0.4, -0.2) is 44.9 Å². The normalized spacial score (nSPS) is 15.4. The lowest BCUT2D eigenvalue weighted by Crippen LogP contribution is -2.33. The Labute approximate surface area is 216 Å². The smallest absolute Gasteiger partial charge is 0.272 e. The van der Waals surface area contributed by atoms with Crippen molar-refractivity contribution in [2.75, 3.05) is 27.9 Å². The minimum absolute atomic E-state index is 0.186. The summed E-state index contributed by atoms with van der Waals surface area (Å²) in [5.41, 5.74) is 7.31. The Kier molecular flexibility index (Phi) is 8.13. The average Bonchev–Trinajstić information content (AvgIpc) is 2.90. The van der Waals surface area contributed by atoms with Gasteiger partial charge in [-0.2, -0.15) is 5.10 Å². The molecule has 8 heteroatoms. The zero-order valence-corrected chi connectivity index (χ0v) is 21.6. The number of carbonyl (C=O) groups excluding carboxylic acids is 1. The highest BCUT2D eigenvalue weighted by atomic mass is 35.5. The molecule has 188 valence electrons. The van der Waals surface area contributed by atoms with Crippen molar-refractivity contribution in [2.24, 2.45) is 5.10 Å². The van der Waals surface area contributed by atoms with Gasteiger partial charge in [-0.05, 0) is 72.5 Å². The quantitative estimate of drug-likeness (QED) is 0.333. The van der Waals surface area contributed by atoms with E-state index in [9.17, 15) is 4.79 Å². The van der Waals surface area contributed by atoms with Crippen molar-refractivity contribution in [1.82, 2.24) is 10.3 Å². The van der Waals surface area contributed by atoms with Gasteiger partial charge in [0.2, 0.25) is 0 Å². The van der Waals surface area contributed by atoms with Gasteiger partial charge in [0.15, 0.2) is 11.5 Å². The summed E-state index contributed by atoms with van der Waals surface area (Å²) in [5.74, 6) is 1.93. The molecule has 1 heterocycles. The molecule has 36 heavy (non-hydrogen) atoms. The molecule has 1 N–H and O–H groups in total. The number of hydrogen-bond acceptors (Lipinski definition) is 6. The molecule has 7 nitrogen and oxygen atoms in total. The SMILES string of the molecule is COc1ccc(/C=N/NC(=O)c2ccccc2Cl)cc1CN1CCc2cc(OC)c(OC)cc2C1C. The highest BCUT2D eigenvalue weighted by Crippen LogP contribution is 2.39. The molecule has 1 unspecified atom stereocenters. The number of amides is 1. The van der Waals surface area contributed by atoms with Crippen molar-refractivity contribution >= 4 is 23.7 Å². The van der Waals surface area contributed by atoms with E-state index in [1.807, 2.05) is 18.2 Å². The Bertz CT molecular complexity index is 1280. The monoisotopic (exact) mass is 507 g/mol. The Morgan fingerprint density at radius 2 is 1.78 bits per heavy atom. The number of ether oxygens (including phenoxy) is 3. The maximum absolute atomic E-state index is 12.4. The first-order valence-electron chi connectivity index (χ1n) is 11.7. The van der Waals surface area contributed by atoms with Gasteiger partial charge in [-0.15, -0.1) is 0 Å². The van der Waals surface area contributed by atoms with Crippen molar-refractivity contribution in [3.63, 3.8) is 0 Å². The molecule has 0 saturated carbocycles. The van der Waals surface area contributed by atoms with Crippen LogP contribution < -0.4 is 19.6 Å². The number of benzene rings is 3. The molecule has 0 spiro atoms. The molecule has 3 aromatic rings. The number of rotatable bonds is 8. The van der Waals surface area contributed by atoms with Gasteiger partial charge < -0.3 is 14.2 Å². The van der Waals surface area contributed by atoms with Gasteiger partial charge in [0.25, 0.3) is 5.91 Å². The summed E-state index contributed by atoms with van der Waals surface area (Å²) in [6.45, 7) is 3.80. The summed E-state index contributed by atoms with van der Waals surface area (Å²) in [6, 6.07) is 17.0. The first kappa shape index (κ1) is 25.5. The molecular weight excluding hydrogens is 478 g/mol. The third-order valence-electron chi connectivity index (χ3n) is 6.49. The van der Waals surface area contributed by atoms with Gasteiger partial charge in [-0.3, -0.25) is 9.69 Å². The third-order valence-corrected chi connectivity index (χ3v) is 6.82. The van der Waals surface area contributed by atoms with Crippen molar-refractivity contribution in [3.8, 4) is 17.2 Å². The fourth-order valence-corrected chi connectivity index (χ4v) is 4.73. The number of nitrogens with one attached hydrogen (secondary N) is 1. The summed E-state index contributed by atoms with van der Waals surface area (Å²) in [5, 5.41) is 4.50. The first-order chi connectivity index (χ1) is 17.4. The standard InChI is InChI=1S/C28H30ClN3O4/c1-18-23-15-27(36-4)26(35-3)14-20(23)11-12-32(18)17-21-13-19(9-10-25(21)34-2)16-30-31-28(33)22-7-5-6-8-24(22)29/h5-10,13-16,18H,11-12,17H2,1-4H3,(H,31,33)/b30-16+. The van der Waals surface area contributed by atoms with Crippen molar-refractivity contribution < 1.29 is 19.0 Å². The molecule has 0 fully saturated rings. The second kappa shape index (κ2) is 11.5. The average molecular weight is 508 g/mol. The number of carbonyl (C=O) groups is 1. The maximum Gasteiger partial charge on any atom is 0.272 e. The van der Waals surface area contributed by atoms with Crippen LogP contribution in [0.4, 0.5) is 0 Å². The summed E-state index contributed by atoms with van der Waals surface area (Å²) in [7, 11) is 4.99. The number of hydrazone groups is 1. The molecule has 0 aromatic heterocycles. The van der Waals surface area contributed by atoms with Crippen LogP contribution in [0, 0.1) is 0 Å². The topological polar surface area (TPSA) is 72.4 Å². The van der Waals surface area contributed by atoms with Crippen LogP contribution in [-0.2, 0) is 13.0 Å². The summed E-state index contributed by atoms with van der Waals surface area (Å²) >= 11 is 6.09. The molecular formula is C28H30ClN3O4. The van der Waals surface area contributed by atoms with Gasteiger partial charge in [0.1, 0.15) is 5.75 Å². The second-order valence-electron chi connectivity index (χ2n) is 8.55. The highest BCUT2D eigenvalue weighted by Gasteiger charge is 2.26. The van der Waals surface area contributed by atoms with E-state index in [-0.39, 0.29) is 11.9 Å². The van der Waals surface area contributed by atoms with Crippen LogP contribution >= 0.6 is 11.6 Å². The summed E-state index contributed by atoms with van der Waals surface area (Å²) < 4.78 is 16.6. The van der Waals surface area contributed by atoms with Crippen LogP contribution in [0.3, 0.4) is 0 Å². The number of fused-ring (bicyclic) bond motifs is 1. The number of halogens is 1. The maximum atomic E-state index is 12.4. The molecule has 1 aliphatic heterocycles. The second-order valence-corrected chi connectivity index (χ2v) is 8.96. The third kappa shape index (κ3) is 5.48. The minimum Gasteiger partial charge on any atom is -0.496 e. The van der Waals surface area contributed by atoms with E-state index in [1.165, 1.54) is 11.1 Å². The van der Waals surface area contributed by atoms with Gasteiger partial charge in [0.05, 0.1) is 38.1 Å². The molecule has 0 saturated heterocycles. The first-order valence-corrected chi connectivity index (χ1v) is 12.1. The lowest BCUT2D eigenvalue weighted by molar-refractivity contribution is 0.0955. The van der Waals surface area contributed by atoms with E-state index in [1.54, 1.807) is 51.8 Å². The molecule has 0 radical (unpaired) electrons. The van der Waals surface area contributed by atoms with E-state index in [2.05, 4.69) is 34.5 Å². The predicted molar refractivity (Wildman–Crippen MR) is 142 cm³/mol. The minimum atomic E-state index is -0.363. The van der Waals surface area contributed by atoms with Gasteiger partial charge in [-0.1, -0.05) is 23.7 Å². The summed E-state index contributed by atoms with van der Waals surface area (Å²) in [6.07, 6.45) is 2.53. The largest absolute Gasteiger partial charge is 0.496 e.